The number of fused-ring (bicyclic) bond motifs is 2. The first-order valence-corrected chi connectivity index (χ1v) is 7.35. The summed E-state index contributed by atoms with van der Waals surface area (Å²) >= 11 is 0. The predicted octanol–water partition coefficient (Wildman–Crippen LogP) is -0.672. The van der Waals surface area contributed by atoms with Gasteiger partial charge in [0.1, 0.15) is 6.54 Å². The van der Waals surface area contributed by atoms with Crippen LogP contribution in [0.2, 0.25) is 0 Å². The van der Waals surface area contributed by atoms with Gasteiger partial charge in [0.2, 0.25) is 11.9 Å². The van der Waals surface area contributed by atoms with E-state index < -0.39 is 18.1 Å². The first kappa shape index (κ1) is 15.3. The minimum atomic E-state index is -0.662. The van der Waals surface area contributed by atoms with E-state index in [1.807, 2.05) is 6.92 Å². The molecule has 3 heterocycles. The van der Waals surface area contributed by atoms with E-state index in [2.05, 4.69) is 10.1 Å². The average molecular weight is 319 g/mol. The lowest BCUT2D eigenvalue weighted by atomic mass is 10.1. The normalized spacial score (nSPS) is 25.3. The maximum atomic E-state index is 12.6. The molecule has 2 atom stereocenters. The van der Waals surface area contributed by atoms with Crippen LogP contribution in [-0.4, -0.2) is 87.3 Å². The number of aliphatic imine (C=N–C) groups is 1. The van der Waals surface area contributed by atoms with E-state index in [4.69, 9.17) is 0 Å². The van der Waals surface area contributed by atoms with Crippen molar-refractivity contribution in [1.29, 1.82) is 0 Å². The van der Waals surface area contributed by atoms with Crippen molar-refractivity contribution in [2.75, 3.05) is 20.6 Å². The molecule has 3 aliphatic heterocycles. The summed E-state index contributed by atoms with van der Waals surface area (Å²) in [5, 5.41) is 5.93. The van der Waals surface area contributed by atoms with Crippen LogP contribution in [0.15, 0.2) is 10.1 Å². The van der Waals surface area contributed by atoms with Crippen molar-refractivity contribution in [3.05, 3.63) is 0 Å². The highest BCUT2D eigenvalue weighted by molar-refractivity contribution is 6.23. The number of carbonyl (C=O) groups excluding carboxylic acids is 3. The smallest absolute Gasteiger partial charge is 0.296 e. The van der Waals surface area contributed by atoms with Gasteiger partial charge in [-0.25, -0.2) is 9.37 Å². The molecule has 0 aliphatic carbocycles. The summed E-state index contributed by atoms with van der Waals surface area (Å²) in [7, 11) is 3.04. The number of rotatable bonds is 2. The molecule has 0 aromatic carbocycles. The fourth-order valence-electron chi connectivity index (χ4n) is 2.87. The van der Waals surface area contributed by atoms with Gasteiger partial charge in [-0.2, -0.15) is 0 Å². The maximum absolute atomic E-state index is 12.6. The molecule has 2 unspecified atom stereocenters. The van der Waals surface area contributed by atoms with E-state index in [0.29, 0.717) is 18.3 Å². The molecule has 0 spiro atoms. The number of Topliss-reactive ketones (excluding diaryl/α,β-unsaturated/α-hetero) is 1. The Kier molecular flexibility index (Phi) is 3.31. The van der Waals surface area contributed by atoms with Gasteiger partial charge < -0.3 is 0 Å². The molecular weight excluding hydrogens is 300 g/mol. The molecule has 23 heavy (non-hydrogen) atoms. The molecule has 9 heteroatoms. The average Bonchev–Trinajstić information content (AvgIpc) is 2.88. The van der Waals surface area contributed by atoms with Gasteiger partial charge >= 0.3 is 12.0 Å². The third kappa shape index (κ3) is 2.07. The Bertz CT molecular complexity index is 722. The molecule has 0 aromatic rings. The Balaban J connectivity index is 2.09. The van der Waals surface area contributed by atoms with E-state index >= 15 is 0 Å². The number of hydrogen-bond donors (Lipinski definition) is 0. The number of carbonyl (C=O) groups is 3. The number of amidine groups is 1. The third-order valence-electron chi connectivity index (χ3n) is 4.35. The molecular formula is C14H19N6O3+. The van der Waals surface area contributed by atoms with Crippen LogP contribution in [0.4, 0.5) is 4.79 Å². The number of hydrazone groups is 1. The second kappa shape index (κ2) is 4.97. The molecule has 0 aromatic heterocycles. The number of imide groups is 1. The standard InChI is InChI=1S/C14H19N6O3/c1-7-6-19-10-11(17(4)14(23)18(5)12(10)22)15-13(19)20(16-7)8(2)9(3)21/h8,10H,6H2,1-5H3/q+1. The monoisotopic (exact) mass is 319 g/mol. The second-order valence-electron chi connectivity index (χ2n) is 6.01. The van der Waals surface area contributed by atoms with Crippen LogP contribution < -0.4 is 0 Å². The number of likely N-dealkylation sites (N-methyl/N-ethyl adjacent to an activating group) is 2. The van der Waals surface area contributed by atoms with Gasteiger partial charge in [-0.15, -0.1) is 10.1 Å². The van der Waals surface area contributed by atoms with Gasteiger partial charge in [-0.05, 0) is 20.8 Å². The van der Waals surface area contributed by atoms with Gasteiger partial charge in [0.15, 0.2) is 11.8 Å². The van der Waals surface area contributed by atoms with Gasteiger partial charge in [-0.3, -0.25) is 19.4 Å². The first-order valence-electron chi connectivity index (χ1n) is 7.35. The van der Waals surface area contributed by atoms with Crippen LogP contribution in [0.1, 0.15) is 20.8 Å². The number of guanidine groups is 1. The molecule has 0 bridgehead atoms. The Labute approximate surface area is 133 Å². The minimum Gasteiger partial charge on any atom is -0.296 e. The zero-order valence-electron chi connectivity index (χ0n) is 13.8. The van der Waals surface area contributed by atoms with E-state index in [9.17, 15) is 14.4 Å². The van der Waals surface area contributed by atoms with Gasteiger partial charge in [-0.1, -0.05) is 4.99 Å². The Morgan fingerprint density at radius 2 is 1.96 bits per heavy atom. The van der Waals surface area contributed by atoms with E-state index in [-0.39, 0.29) is 11.7 Å². The highest BCUT2D eigenvalue weighted by Gasteiger charge is 2.54. The van der Waals surface area contributed by atoms with Gasteiger partial charge in [0, 0.05) is 14.1 Å². The SMILES string of the molecule is CC(=O)C(C)N1N=C(C)C[N+]2=C1N=C1C2C(=O)N(C)C(=O)N1C. The van der Waals surface area contributed by atoms with Crippen LogP contribution in [-0.2, 0) is 9.59 Å². The number of amides is 3. The molecule has 0 radical (unpaired) electrons. The molecule has 9 nitrogen and oxygen atoms in total. The number of nitrogens with zero attached hydrogens (tertiary/aromatic N) is 6. The van der Waals surface area contributed by atoms with Crippen molar-refractivity contribution in [2.24, 2.45) is 10.1 Å². The fraction of sp³-hybridized carbons (Fsp3) is 0.571. The highest BCUT2D eigenvalue weighted by Crippen LogP contribution is 2.23. The predicted molar refractivity (Wildman–Crippen MR) is 82.4 cm³/mol. The van der Waals surface area contributed by atoms with Gasteiger partial charge in [0.25, 0.3) is 5.91 Å². The van der Waals surface area contributed by atoms with Gasteiger partial charge in [0.05, 0.1) is 5.71 Å². The Hall–Kier alpha value is -2.58. The van der Waals surface area contributed by atoms with E-state index in [0.717, 1.165) is 10.6 Å². The zero-order chi connectivity index (χ0) is 17.0. The molecule has 1 saturated heterocycles. The van der Waals surface area contributed by atoms with Crippen LogP contribution >= 0.6 is 0 Å². The second-order valence-corrected chi connectivity index (χ2v) is 6.01. The molecule has 122 valence electrons. The van der Waals surface area contributed by atoms with Crippen molar-refractivity contribution >= 4 is 35.2 Å². The lowest BCUT2D eigenvalue weighted by molar-refractivity contribution is -0.528. The lowest BCUT2D eigenvalue weighted by Gasteiger charge is -2.32. The van der Waals surface area contributed by atoms with Crippen LogP contribution in [0.25, 0.3) is 0 Å². The number of ketones is 1. The van der Waals surface area contributed by atoms with Crippen LogP contribution in [0.5, 0.6) is 0 Å². The molecule has 0 N–H and O–H groups in total. The number of urea groups is 1. The van der Waals surface area contributed by atoms with Crippen molar-refractivity contribution in [1.82, 2.24) is 14.8 Å². The summed E-state index contributed by atoms with van der Waals surface area (Å²) in [5.74, 6) is 0.422. The third-order valence-corrected chi connectivity index (χ3v) is 4.35. The molecule has 3 amide bonds. The fourth-order valence-corrected chi connectivity index (χ4v) is 2.87. The zero-order valence-corrected chi connectivity index (χ0v) is 13.8. The Morgan fingerprint density at radius 3 is 2.57 bits per heavy atom. The maximum Gasteiger partial charge on any atom is 0.417 e. The largest absolute Gasteiger partial charge is 0.417 e. The summed E-state index contributed by atoms with van der Waals surface area (Å²) < 4.78 is 1.79. The number of hydrogen-bond acceptors (Lipinski definition) is 6. The molecule has 3 rings (SSSR count). The van der Waals surface area contributed by atoms with Crippen molar-refractivity contribution in [2.45, 2.75) is 32.9 Å². The highest BCUT2D eigenvalue weighted by atomic mass is 16.2. The molecule has 0 saturated carbocycles. The summed E-state index contributed by atoms with van der Waals surface area (Å²) in [4.78, 5) is 43.3. The van der Waals surface area contributed by atoms with Crippen molar-refractivity contribution in [3.8, 4) is 0 Å². The quantitative estimate of drug-likeness (QED) is 0.631. The summed E-state index contributed by atoms with van der Waals surface area (Å²) in [6.07, 6.45) is 0. The topological polar surface area (TPSA) is 88.7 Å². The van der Waals surface area contributed by atoms with Crippen LogP contribution in [0, 0.1) is 0 Å². The Morgan fingerprint density at radius 1 is 1.30 bits per heavy atom. The van der Waals surface area contributed by atoms with Crippen molar-refractivity contribution < 1.29 is 19.0 Å². The summed E-state index contributed by atoms with van der Waals surface area (Å²) in [6.45, 7) is 5.48. The molecule has 1 fully saturated rings. The molecule has 3 aliphatic rings. The minimum absolute atomic E-state index is 0.0566. The summed E-state index contributed by atoms with van der Waals surface area (Å²) in [5.41, 5.74) is 0.772. The first-order chi connectivity index (χ1) is 10.7. The lowest BCUT2D eigenvalue weighted by Crippen LogP contribution is -2.62. The van der Waals surface area contributed by atoms with E-state index in [1.54, 1.807) is 18.5 Å². The summed E-state index contributed by atoms with van der Waals surface area (Å²) in [6, 6.07) is -1.58. The van der Waals surface area contributed by atoms with Crippen LogP contribution in [0.3, 0.4) is 0 Å². The van der Waals surface area contributed by atoms with Crippen molar-refractivity contribution in [3.63, 3.8) is 0 Å². The van der Waals surface area contributed by atoms with E-state index in [1.165, 1.54) is 23.9 Å².